The van der Waals surface area contributed by atoms with E-state index in [0.717, 1.165) is 11.9 Å². The van der Waals surface area contributed by atoms with Crippen molar-refractivity contribution in [3.8, 4) is 11.4 Å². The van der Waals surface area contributed by atoms with Crippen LogP contribution in [0.15, 0.2) is 49.1 Å². The van der Waals surface area contributed by atoms with Crippen molar-refractivity contribution >= 4 is 28.4 Å². The first kappa shape index (κ1) is 22.3. The van der Waals surface area contributed by atoms with Gasteiger partial charge >= 0.3 is 0 Å². The maximum Gasteiger partial charge on any atom is 0.263 e. The van der Waals surface area contributed by atoms with Gasteiger partial charge in [-0.25, -0.2) is 23.4 Å². The molecular formula is C22H24F2N8O. The molecule has 0 saturated heterocycles. The summed E-state index contributed by atoms with van der Waals surface area (Å²) in [5.74, 6) is 2.05. The predicted octanol–water partition coefficient (Wildman–Crippen LogP) is 3.87. The van der Waals surface area contributed by atoms with Crippen LogP contribution in [0.25, 0.3) is 16.6 Å². The summed E-state index contributed by atoms with van der Waals surface area (Å²) in [6.07, 6.45) is 3.78. The van der Waals surface area contributed by atoms with Crippen LogP contribution in [0.5, 0.6) is 5.75 Å². The van der Waals surface area contributed by atoms with Gasteiger partial charge in [0.05, 0.1) is 24.2 Å². The van der Waals surface area contributed by atoms with Crippen molar-refractivity contribution in [3.63, 3.8) is 0 Å². The Hall–Kier alpha value is -3.86. The molecule has 0 radical (unpaired) electrons. The molecule has 0 fully saturated rings. The minimum absolute atomic E-state index is 0.122. The molecule has 0 aliphatic carbocycles. The minimum Gasteiger partial charge on any atom is -0.494 e. The summed E-state index contributed by atoms with van der Waals surface area (Å²) in [6.45, 7) is 1.44. The summed E-state index contributed by atoms with van der Waals surface area (Å²) < 4.78 is 33.9. The quantitative estimate of drug-likeness (QED) is 0.394. The average Bonchev–Trinajstić information content (AvgIpc) is 3.16. The number of halogens is 2. The Morgan fingerprint density at radius 1 is 1.09 bits per heavy atom. The van der Waals surface area contributed by atoms with Gasteiger partial charge in [-0.2, -0.15) is 0 Å². The number of alkyl halides is 2. The zero-order chi connectivity index (χ0) is 23.4. The molecule has 0 unspecified atom stereocenters. The third kappa shape index (κ3) is 4.98. The first-order valence-corrected chi connectivity index (χ1v) is 10.2. The number of ether oxygens (including phenoxy) is 1. The van der Waals surface area contributed by atoms with E-state index < -0.39 is 6.43 Å². The van der Waals surface area contributed by atoms with Crippen LogP contribution in [0, 0.1) is 0 Å². The second kappa shape index (κ2) is 9.74. The Kier molecular flexibility index (Phi) is 6.59. The van der Waals surface area contributed by atoms with Crippen molar-refractivity contribution in [2.75, 3.05) is 44.9 Å². The SMILES string of the molecule is COc1ccc(C(F)F)cc1-n1nc(NCCN(C)C)c2cnc(Nc3cnccn3)cc21. The van der Waals surface area contributed by atoms with Crippen molar-refractivity contribution < 1.29 is 13.5 Å². The molecule has 2 N–H and O–H groups in total. The van der Waals surface area contributed by atoms with E-state index in [-0.39, 0.29) is 5.56 Å². The number of nitrogens with zero attached hydrogens (tertiary/aromatic N) is 6. The van der Waals surface area contributed by atoms with E-state index in [1.807, 2.05) is 19.0 Å². The maximum atomic E-state index is 13.4. The molecule has 172 valence electrons. The molecule has 0 amide bonds. The number of aromatic nitrogens is 5. The summed E-state index contributed by atoms with van der Waals surface area (Å²) in [7, 11) is 5.45. The van der Waals surface area contributed by atoms with Gasteiger partial charge in [0.2, 0.25) is 0 Å². The summed E-state index contributed by atoms with van der Waals surface area (Å²) >= 11 is 0. The number of pyridine rings is 1. The van der Waals surface area contributed by atoms with Crippen LogP contribution in [0.3, 0.4) is 0 Å². The van der Waals surface area contributed by atoms with E-state index >= 15 is 0 Å². The fourth-order valence-electron chi connectivity index (χ4n) is 3.29. The molecule has 0 spiro atoms. The van der Waals surface area contributed by atoms with Crippen LogP contribution in [0.1, 0.15) is 12.0 Å². The van der Waals surface area contributed by atoms with Crippen LogP contribution in [-0.4, -0.2) is 63.9 Å². The molecular weight excluding hydrogens is 430 g/mol. The van der Waals surface area contributed by atoms with Gasteiger partial charge in [0.15, 0.2) is 5.82 Å². The third-order valence-corrected chi connectivity index (χ3v) is 4.92. The number of anilines is 3. The van der Waals surface area contributed by atoms with Crippen LogP contribution >= 0.6 is 0 Å². The number of nitrogens with one attached hydrogen (secondary N) is 2. The summed E-state index contributed by atoms with van der Waals surface area (Å²) in [6, 6.07) is 6.03. The number of fused-ring (bicyclic) bond motifs is 1. The largest absolute Gasteiger partial charge is 0.494 e. The molecule has 1 aromatic carbocycles. The lowest BCUT2D eigenvalue weighted by molar-refractivity contribution is 0.151. The number of likely N-dealkylation sites (N-methyl/N-ethyl adjacent to an activating group) is 1. The molecule has 0 bridgehead atoms. The molecule has 4 rings (SSSR count). The van der Waals surface area contributed by atoms with E-state index in [9.17, 15) is 8.78 Å². The van der Waals surface area contributed by atoms with Gasteiger partial charge in [-0.1, -0.05) is 0 Å². The van der Waals surface area contributed by atoms with E-state index in [1.54, 1.807) is 35.5 Å². The first-order valence-electron chi connectivity index (χ1n) is 10.2. The lowest BCUT2D eigenvalue weighted by atomic mass is 10.2. The second-order valence-corrected chi connectivity index (χ2v) is 7.52. The van der Waals surface area contributed by atoms with E-state index in [4.69, 9.17) is 4.74 Å². The highest BCUT2D eigenvalue weighted by Crippen LogP contribution is 2.33. The molecule has 4 aromatic rings. The molecule has 0 aliphatic heterocycles. The number of methoxy groups -OCH3 is 1. The normalized spacial score (nSPS) is 11.4. The lowest BCUT2D eigenvalue weighted by Gasteiger charge is -2.12. The molecule has 0 aliphatic rings. The van der Waals surface area contributed by atoms with Gasteiger partial charge in [-0.15, -0.1) is 5.10 Å². The van der Waals surface area contributed by atoms with Crippen molar-refractivity contribution in [2.24, 2.45) is 0 Å². The second-order valence-electron chi connectivity index (χ2n) is 7.52. The number of benzene rings is 1. The van der Waals surface area contributed by atoms with E-state index in [0.29, 0.717) is 41.0 Å². The summed E-state index contributed by atoms with van der Waals surface area (Å²) in [4.78, 5) is 14.7. The van der Waals surface area contributed by atoms with Gasteiger partial charge in [-0.05, 0) is 32.3 Å². The topological polar surface area (TPSA) is 93.0 Å². The highest BCUT2D eigenvalue weighted by molar-refractivity contribution is 5.92. The molecule has 33 heavy (non-hydrogen) atoms. The van der Waals surface area contributed by atoms with Crippen molar-refractivity contribution in [1.29, 1.82) is 0 Å². The van der Waals surface area contributed by atoms with Gasteiger partial charge in [0, 0.05) is 43.3 Å². The Labute approximate surface area is 189 Å². The average molecular weight is 454 g/mol. The van der Waals surface area contributed by atoms with Gasteiger partial charge in [-0.3, -0.25) is 4.98 Å². The molecule has 0 saturated carbocycles. The van der Waals surface area contributed by atoms with Crippen molar-refractivity contribution in [3.05, 3.63) is 54.6 Å². The Balaban J connectivity index is 1.83. The van der Waals surface area contributed by atoms with E-state index in [2.05, 4.69) is 30.7 Å². The zero-order valence-corrected chi connectivity index (χ0v) is 18.5. The van der Waals surface area contributed by atoms with E-state index in [1.165, 1.54) is 25.3 Å². The first-order chi connectivity index (χ1) is 16.0. The number of hydrogen-bond donors (Lipinski definition) is 2. The fraction of sp³-hybridized carbons (Fsp3) is 0.273. The monoisotopic (exact) mass is 454 g/mol. The smallest absolute Gasteiger partial charge is 0.263 e. The van der Waals surface area contributed by atoms with Gasteiger partial charge in [0.1, 0.15) is 23.1 Å². The molecule has 3 heterocycles. The van der Waals surface area contributed by atoms with Gasteiger partial charge < -0.3 is 20.3 Å². The highest BCUT2D eigenvalue weighted by atomic mass is 19.3. The lowest BCUT2D eigenvalue weighted by Crippen LogP contribution is -2.21. The van der Waals surface area contributed by atoms with Crippen molar-refractivity contribution in [1.82, 2.24) is 29.6 Å². The van der Waals surface area contributed by atoms with Crippen LogP contribution in [0.2, 0.25) is 0 Å². The Bertz CT molecular complexity index is 1230. The fourth-order valence-corrected chi connectivity index (χ4v) is 3.29. The molecule has 0 atom stereocenters. The molecule has 9 nitrogen and oxygen atoms in total. The number of hydrogen-bond acceptors (Lipinski definition) is 8. The van der Waals surface area contributed by atoms with Crippen LogP contribution in [0.4, 0.5) is 26.2 Å². The van der Waals surface area contributed by atoms with Crippen molar-refractivity contribution in [2.45, 2.75) is 6.43 Å². The zero-order valence-electron chi connectivity index (χ0n) is 18.5. The summed E-state index contributed by atoms with van der Waals surface area (Å²) in [5.41, 5.74) is 0.939. The van der Waals surface area contributed by atoms with Crippen LogP contribution in [-0.2, 0) is 0 Å². The van der Waals surface area contributed by atoms with Gasteiger partial charge in [0.25, 0.3) is 6.43 Å². The predicted molar refractivity (Wildman–Crippen MR) is 123 cm³/mol. The highest BCUT2D eigenvalue weighted by Gasteiger charge is 2.19. The Morgan fingerprint density at radius 3 is 2.64 bits per heavy atom. The number of rotatable bonds is 9. The minimum atomic E-state index is -2.62. The summed E-state index contributed by atoms with van der Waals surface area (Å²) in [5, 5.41) is 11.8. The molecule has 11 heteroatoms. The maximum absolute atomic E-state index is 13.4. The standard InChI is InChI=1S/C22H24F2N8O/c1-31(2)9-8-27-22-15-12-28-19(29-20-13-25-6-7-26-20)11-16(15)32(30-22)17-10-14(21(23)24)4-5-18(17)33-3/h4-7,10-13,21H,8-9H2,1-3H3,(H,27,30)(H,26,28,29). The molecule has 3 aromatic heterocycles. The third-order valence-electron chi connectivity index (χ3n) is 4.92. The van der Waals surface area contributed by atoms with Crippen LogP contribution < -0.4 is 15.4 Å². The Morgan fingerprint density at radius 2 is 1.94 bits per heavy atom.